The van der Waals surface area contributed by atoms with Crippen LogP contribution in [0.25, 0.3) is 0 Å². The molecule has 0 saturated heterocycles. The molecule has 1 aromatic heterocycles. The summed E-state index contributed by atoms with van der Waals surface area (Å²) in [5.74, 6) is 1.38. The highest BCUT2D eigenvalue weighted by atomic mass is 35.5. The maximum Gasteiger partial charge on any atom is 0.0393 e. The zero-order valence-electron chi connectivity index (χ0n) is 9.46. The molecule has 0 amide bonds. The molecule has 0 aliphatic carbocycles. The van der Waals surface area contributed by atoms with Gasteiger partial charge in [0.2, 0.25) is 0 Å². The fourth-order valence-corrected chi connectivity index (χ4v) is 1.57. The zero-order chi connectivity index (χ0) is 11.1. The van der Waals surface area contributed by atoms with Gasteiger partial charge in [0.25, 0.3) is 0 Å². The molecule has 1 aromatic rings. The summed E-state index contributed by atoms with van der Waals surface area (Å²) in [6.07, 6.45) is 4.18. The SMILES string of the molecule is Cc1cc(NCCCC(C)CCl)ccn1. The Kier molecular flexibility index (Phi) is 5.48. The van der Waals surface area contributed by atoms with E-state index in [1.807, 2.05) is 19.2 Å². The maximum atomic E-state index is 5.74. The summed E-state index contributed by atoms with van der Waals surface area (Å²) in [6, 6.07) is 4.06. The van der Waals surface area contributed by atoms with E-state index in [0.717, 1.165) is 30.2 Å². The zero-order valence-corrected chi connectivity index (χ0v) is 10.2. The molecule has 0 bridgehead atoms. The Balaban J connectivity index is 2.20. The van der Waals surface area contributed by atoms with E-state index in [9.17, 15) is 0 Å². The van der Waals surface area contributed by atoms with Crippen molar-refractivity contribution < 1.29 is 0 Å². The van der Waals surface area contributed by atoms with E-state index in [1.165, 1.54) is 6.42 Å². The number of aromatic nitrogens is 1. The fraction of sp³-hybridized carbons (Fsp3) is 0.583. The second-order valence-corrected chi connectivity index (χ2v) is 4.32. The molecule has 84 valence electrons. The normalized spacial score (nSPS) is 12.5. The van der Waals surface area contributed by atoms with Gasteiger partial charge in [0, 0.05) is 30.0 Å². The maximum absolute atomic E-state index is 5.74. The van der Waals surface area contributed by atoms with Crippen LogP contribution in [-0.2, 0) is 0 Å². The van der Waals surface area contributed by atoms with E-state index in [0.29, 0.717) is 5.92 Å². The van der Waals surface area contributed by atoms with Crippen LogP contribution < -0.4 is 5.32 Å². The van der Waals surface area contributed by atoms with E-state index in [1.54, 1.807) is 0 Å². The molecule has 1 unspecified atom stereocenters. The Hall–Kier alpha value is -0.760. The van der Waals surface area contributed by atoms with E-state index < -0.39 is 0 Å². The third-order valence-corrected chi connectivity index (χ3v) is 2.89. The van der Waals surface area contributed by atoms with Crippen LogP contribution in [0.15, 0.2) is 18.3 Å². The van der Waals surface area contributed by atoms with Crippen LogP contribution in [-0.4, -0.2) is 17.4 Å². The molecular weight excluding hydrogens is 208 g/mol. The Morgan fingerprint density at radius 1 is 1.53 bits per heavy atom. The van der Waals surface area contributed by atoms with Crippen LogP contribution in [0.5, 0.6) is 0 Å². The highest BCUT2D eigenvalue weighted by Crippen LogP contribution is 2.10. The fourth-order valence-electron chi connectivity index (χ4n) is 1.42. The Morgan fingerprint density at radius 2 is 2.33 bits per heavy atom. The van der Waals surface area contributed by atoms with Gasteiger partial charge in [-0.25, -0.2) is 0 Å². The highest BCUT2D eigenvalue weighted by molar-refractivity contribution is 6.18. The van der Waals surface area contributed by atoms with Crippen molar-refractivity contribution in [2.45, 2.75) is 26.7 Å². The third-order valence-electron chi connectivity index (χ3n) is 2.36. The van der Waals surface area contributed by atoms with Crippen molar-refractivity contribution in [3.05, 3.63) is 24.0 Å². The van der Waals surface area contributed by atoms with Crippen molar-refractivity contribution in [2.24, 2.45) is 5.92 Å². The smallest absolute Gasteiger partial charge is 0.0393 e. The average molecular weight is 227 g/mol. The van der Waals surface area contributed by atoms with Gasteiger partial charge in [0.1, 0.15) is 0 Å². The Morgan fingerprint density at radius 3 is 3.00 bits per heavy atom. The van der Waals surface area contributed by atoms with Gasteiger partial charge in [-0.3, -0.25) is 4.98 Å². The lowest BCUT2D eigenvalue weighted by Crippen LogP contribution is -2.05. The number of hydrogen-bond acceptors (Lipinski definition) is 2. The van der Waals surface area contributed by atoms with Crippen molar-refractivity contribution in [1.29, 1.82) is 0 Å². The molecule has 1 N–H and O–H groups in total. The van der Waals surface area contributed by atoms with Gasteiger partial charge in [0.15, 0.2) is 0 Å². The number of anilines is 1. The molecule has 0 aliphatic rings. The van der Waals surface area contributed by atoms with E-state index in [4.69, 9.17) is 11.6 Å². The summed E-state index contributed by atoms with van der Waals surface area (Å²) in [5, 5.41) is 3.38. The third kappa shape index (κ3) is 5.03. The second-order valence-electron chi connectivity index (χ2n) is 4.01. The van der Waals surface area contributed by atoms with Crippen LogP contribution in [0.4, 0.5) is 5.69 Å². The minimum Gasteiger partial charge on any atom is -0.385 e. The van der Waals surface area contributed by atoms with Crippen molar-refractivity contribution in [2.75, 3.05) is 17.7 Å². The first-order valence-corrected chi connectivity index (χ1v) is 5.98. The molecule has 1 rings (SSSR count). The number of aryl methyl sites for hydroxylation is 1. The number of nitrogens with zero attached hydrogens (tertiary/aromatic N) is 1. The van der Waals surface area contributed by atoms with Crippen molar-refractivity contribution in [3.8, 4) is 0 Å². The molecule has 3 heteroatoms. The van der Waals surface area contributed by atoms with E-state index in [-0.39, 0.29) is 0 Å². The number of hydrogen-bond donors (Lipinski definition) is 1. The lowest BCUT2D eigenvalue weighted by Gasteiger charge is -2.09. The molecule has 1 heterocycles. The van der Waals surface area contributed by atoms with Crippen molar-refractivity contribution >= 4 is 17.3 Å². The molecule has 0 radical (unpaired) electrons. The predicted molar refractivity (Wildman–Crippen MR) is 66.6 cm³/mol. The van der Waals surface area contributed by atoms with Gasteiger partial charge in [0.05, 0.1) is 0 Å². The summed E-state index contributed by atoms with van der Waals surface area (Å²) < 4.78 is 0. The van der Waals surface area contributed by atoms with Gasteiger partial charge in [-0.05, 0) is 37.8 Å². The molecule has 0 aliphatic heterocycles. The standard InChI is InChI=1S/C12H19ClN2/c1-10(9-13)4-3-6-15-12-5-7-14-11(2)8-12/h5,7-8,10H,3-4,6,9H2,1-2H3,(H,14,15). The predicted octanol–water partition coefficient (Wildman–Crippen LogP) is 3.46. The summed E-state index contributed by atoms with van der Waals surface area (Å²) in [5.41, 5.74) is 2.20. The monoisotopic (exact) mass is 226 g/mol. The molecule has 0 saturated carbocycles. The summed E-state index contributed by atoms with van der Waals surface area (Å²) in [4.78, 5) is 4.15. The summed E-state index contributed by atoms with van der Waals surface area (Å²) in [7, 11) is 0. The molecular formula is C12H19ClN2. The van der Waals surface area contributed by atoms with Gasteiger partial charge in [-0.15, -0.1) is 11.6 Å². The highest BCUT2D eigenvalue weighted by Gasteiger charge is 1.99. The Bertz CT molecular complexity index is 289. The largest absolute Gasteiger partial charge is 0.385 e. The quantitative estimate of drug-likeness (QED) is 0.594. The second kappa shape index (κ2) is 6.67. The minimum absolute atomic E-state index is 0.618. The van der Waals surface area contributed by atoms with Crippen molar-refractivity contribution in [3.63, 3.8) is 0 Å². The van der Waals surface area contributed by atoms with Crippen LogP contribution in [0.2, 0.25) is 0 Å². The van der Waals surface area contributed by atoms with Crippen molar-refractivity contribution in [1.82, 2.24) is 4.98 Å². The van der Waals surface area contributed by atoms with Gasteiger partial charge < -0.3 is 5.32 Å². The number of pyridine rings is 1. The summed E-state index contributed by atoms with van der Waals surface area (Å²) in [6.45, 7) is 5.19. The van der Waals surface area contributed by atoms with E-state index in [2.05, 4.69) is 23.3 Å². The lowest BCUT2D eigenvalue weighted by molar-refractivity contribution is 0.572. The van der Waals surface area contributed by atoms with Crippen LogP contribution in [0, 0.1) is 12.8 Å². The number of alkyl halides is 1. The van der Waals surface area contributed by atoms with E-state index >= 15 is 0 Å². The molecule has 0 aromatic carbocycles. The lowest BCUT2D eigenvalue weighted by atomic mass is 10.1. The first kappa shape index (κ1) is 12.3. The molecule has 15 heavy (non-hydrogen) atoms. The topological polar surface area (TPSA) is 24.9 Å². The minimum atomic E-state index is 0.618. The van der Waals surface area contributed by atoms with Gasteiger partial charge in [-0.2, -0.15) is 0 Å². The molecule has 1 atom stereocenters. The molecule has 0 fully saturated rings. The number of rotatable bonds is 6. The van der Waals surface area contributed by atoms with Crippen LogP contribution in [0.1, 0.15) is 25.5 Å². The molecule has 0 spiro atoms. The molecule has 2 nitrogen and oxygen atoms in total. The Labute approximate surface area is 97.1 Å². The number of nitrogens with one attached hydrogen (secondary N) is 1. The first-order chi connectivity index (χ1) is 7.22. The van der Waals surface area contributed by atoms with Crippen LogP contribution >= 0.6 is 11.6 Å². The van der Waals surface area contributed by atoms with Crippen LogP contribution in [0.3, 0.4) is 0 Å². The first-order valence-electron chi connectivity index (χ1n) is 5.45. The number of halogens is 1. The van der Waals surface area contributed by atoms with Gasteiger partial charge in [-0.1, -0.05) is 6.92 Å². The van der Waals surface area contributed by atoms with Gasteiger partial charge >= 0.3 is 0 Å². The summed E-state index contributed by atoms with van der Waals surface area (Å²) >= 11 is 5.74. The average Bonchev–Trinajstić information content (AvgIpc) is 2.24.